The molecule has 6 rings (SSSR count). The number of imide groups is 2. The molecule has 3 fully saturated rings. The van der Waals surface area contributed by atoms with Gasteiger partial charge in [0.2, 0.25) is 18.6 Å². The van der Waals surface area contributed by atoms with E-state index in [1.54, 1.807) is 25.2 Å². The highest BCUT2D eigenvalue weighted by Gasteiger charge is 2.74. The molecule has 1 aromatic rings. The lowest BCUT2D eigenvalue weighted by molar-refractivity contribution is -0.235. The summed E-state index contributed by atoms with van der Waals surface area (Å²) in [5.74, 6) is -5.56. The molecule has 5 unspecified atom stereocenters. The fourth-order valence-electron chi connectivity index (χ4n) is 8.31. The Hall–Kier alpha value is -5.60. The zero-order valence-corrected chi connectivity index (χ0v) is 29.1. The first-order valence-corrected chi connectivity index (χ1v) is 16.9. The Kier molecular flexibility index (Phi) is 9.40. The molecule has 0 spiro atoms. The maximum absolute atomic E-state index is 13.8. The summed E-state index contributed by atoms with van der Waals surface area (Å²) in [5, 5.41) is 2.14. The minimum atomic E-state index is -1.24. The van der Waals surface area contributed by atoms with Crippen LogP contribution in [0, 0.1) is 11.3 Å². The molecule has 52 heavy (non-hydrogen) atoms. The van der Waals surface area contributed by atoms with E-state index in [2.05, 4.69) is 5.32 Å². The second-order valence-electron chi connectivity index (χ2n) is 13.7. The van der Waals surface area contributed by atoms with Crippen molar-refractivity contribution in [2.75, 3.05) is 13.9 Å². The third-order valence-electron chi connectivity index (χ3n) is 10.8. The number of carbonyl (C=O) groups is 8. The van der Waals surface area contributed by atoms with Crippen LogP contribution < -0.4 is 10.1 Å². The van der Waals surface area contributed by atoms with Crippen molar-refractivity contribution in [2.45, 2.75) is 83.0 Å². The first-order valence-electron chi connectivity index (χ1n) is 16.9. The van der Waals surface area contributed by atoms with E-state index in [9.17, 15) is 38.4 Å². The van der Waals surface area contributed by atoms with Gasteiger partial charge in [0.15, 0.2) is 0 Å². The molecule has 1 N–H and O–H groups in total. The molecule has 3 aliphatic heterocycles. The molecular weight excluding hydrogens is 680 g/mol. The SMILES string of the molecule is COC(=O)C1=CCC23CCC(C(C)(C=CC=C(C)C(=O)OCOc4cccc5c4C(=O)N(C4CCC(=O)NC4=O)C5=O)OC2=O)C3(OC(C)=O)CC1. The summed E-state index contributed by atoms with van der Waals surface area (Å²) in [6.45, 7) is 3.88. The van der Waals surface area contributed by atoms with Gasteiger partial charge in [-0.15, -0.1) is 0 Å². The average Bonchev–Trinajstić information content (AvgIpc) is 3.43. The van der Waals surface area contributed by atoms with Crippen LogP contribution in [0.1, 0.15) is 86.4 Å². The lowest BCUT2D eigenvalue weighted by Gasteiger charge is -2.54. The predicted molar refractivity (Wildman–Crippen MR) is 176 cm³/mol. The Balaban J connectivity index is 1.13. The van der Waals surface area contributed by atoms with Crippen LogP contribution in [0.3, 0.4) is 0 Å². The summed E-state index contributed by atoms with van der Waals surface area (Å²) in [6.07, 6.45) is 7.80. The molecular formula is C37H38N2O13. The van der Waals surface area contributed by atoms with E-state index >= 15 is 0 Å². The number of amides is 4. The lowest BCUT2D eigenvalue weighted by atomic mass is 9.62. The number of nitrogens with zero attached hydrogens (tertiary/aromatic N) is 1. The van der Waals surface area contributed by atoms with E-state index in [1.807, 2.05) is 0 Å². The molecule has 0 radical (unpaired) electrons. The Morgan fingerprint density at radius 1 is 1.04 bits per heavy atom. The number of nitrogens with one attached hydrogen (secondary N) is 1. The fourth-order valence-corrected chi connectivity index (χ4v) is 8.31. The topological polar surface area (TPSA) is 198 Å². The van der Waals surface area contributed by atoms with Crippen molar-refractivity contribution in [3.63, 3.8) is 0 Å². The van der Waals surface area contributed by atoms with Crippen LogP contribution in [0.2, 0.25) is 0 Å². The number of hydrogen-bond donors (Lipinski definition) is 1. The maximum Gasteiger partial charge on any atom is 0.336 e. The molecule has 2 bridgehead atoms. The summed E-state index contributed by atoms with van der Waals surface area (Å²) < 4.78 is 27.9. The van der Waals surface area contributed by atoms with Gasteiger partial charge in [0.1, 0.15) is 28.4 Å². The number of benzene rings is 1. The smallest absolute Gasteiger partial charge is 0.336 e. The largest absolute Gasteiger partial charge is 0.466 e. The zero-order chi connectivity index (χ0) is 37.6. The molecule has 5 aliphatic rings. The number of esters is 4. The number of ether oxygens (including phenoxy) is 5. The number of rotatable bonds is 9. The third-order valence-corrected chi connectivity index (χ3v) is 10.8. The number of fused-ring (bicyclic) bond motifs is 1. The summed E-state index contributed by atoms with van der Waals surface area (Å²) >= 11 is 0. The number of hydrogen-bond acceptors (Lipinski definition) is 13. The highest BCUT2D eigenvalue weighted by molar-refractivity contribution is 6.24. The molecule has 4 amide bonds. The maximum atomic E-state index is 13.8. The predicted octanol–water partition coefficient (Wildman–Crippen LogP) is 2.77. The van der Waals surface area contributed by atoms with Crippen molar-refractivity contribution in [3.05, 3.63) is 64.8 Å². The Bertz CT molecular complexity index is 1890. The highest BCUT2D eigenvalue weighted by Crippen LogP contribution is 2.65. The van der Waals surface area contributed by atoms with Crippen LogP contribution in [-0.2, 0) is 47.7 Å². The zero-order valence-electron chi connectivity index (χ0n) is 29.1. The van der Waals surface area contributed by atoms with Gasteiger partial charge in [0.25, 0.3) is 11.8 Å². The van der Waals surface area contributed by atoms with Gasteiger partial charge in [-0.2, -0.15) is 0 Å². The van der Waals surface area contributed by atoms with Gasteiger partial charge in [0, 0.05) is 30.4 Å². The first kappa shape index (κ1) is 36.2. The van der Waals surface area contributed by atoms with Crippen LogP contribution in [0.5, 0.6) is 5.75 Å². The fraction of sp³-hybridized carbons (Fsp3) is 0.459. The van der Waals surface area contributed by atoms with Crippen molar-refractivity contribution in [1.82, 2.24) is 10.2 Å². The summed E-state index contributed by atoms with van der Waals surface area (Å²) in [6, 6.07) is 3.16. The number of cyclic esters (lactones) is 1. The molecule has 0 aromatic heterocycles. The summed E-state index contributed by atoms with van der Waals surface area (Å²) in [7, 11) is 1.28. The van der Waals surface area contributed by atoms with Crippen molar-refractivity contribution >= 4 is 47.5 Å². The Morgan fingerprint density at radius 2 is 1.81 bits per heavy atom. The van der Waals surface area contributed by atoms with Gasteiger partial charge in [0.05, 0.1) is 18.2 Å². The van der Waals surface area contributed by atoms with Crippen LogP contribution >= 0.6 is 0 Å². The van der Waals surface area contributed by atoms with E-state index in [0.717, 1.165) is 4.90 Å². The molecule has 2 aliphatic carbocycles. The van der Waals surface area contributed by atoms with Crippen LogP contribution in [0.4, 0.5) is 0 Å². The minimum absolute atomic E-state index is 0.00452. The standard InChI is InChI=1S/C37H38N2O13/c1-20(32(45)50-19-49-25-9-5-8-23-28(25)31(44)39(30(23)43)24-10-11-27(41)38-29(24)42)7-6-15-35(3)26-14-17-36(34(47)52-35)16-12-22(33(46)48-4)13-18-37(26,36)51-21(2)40/h5-9,12,15,24,26H,10-11,13-14,16-19H2,1-4H3,(H,38,41,42). The number of methoxy groups -OCH3 is 1. The van der Waals surface area contributed by atoms with Crippen molar-refractivity contribution in [3.8, 4) is 5.75 Å². The Labute approximate surface area is 298 Å². The second-order valence-corrected chi connectivity index (χ2v) is 13.7. The number of allylic oxidation sites excluding steroid dienone is 3. The first-order chi connectivity index (χ1) is 24.7. The molecule has 274 valence electrons. The van der Waals surface area contributed by atoms with Crippen molar-refractivity contribution < 1.29 is 62.0 Å². The monoisotopic (exact) mass is 718 g/mol. The van der Waals surface area contributed by atoms with Gasteiger partial charge in [-0.3, -0.25) is 39.0 Å². The molecule has 15 nitrogen and oxygen atoms in total. The molecule has 5 atom stereocenters. The normalized spacial score (nSPS) is 29.8. The van der Waals surface area contributed by atoms with E-state index in [0.29, 0.717) is 18.4 Å². The van der Waals surface area contributed by atoms with E-state index in [4.69, 9.17) is 23.7 Å². The summed E-state index contributed by atoms with van der Waals surface area (Å²) in [5.41, 5.74) is -3.16. The van der Waals surface area contributed by atoms with Gasteiger partial charge in [-0.05, 0) is 70.6 Å². The average molecular weight is 719 g/mol. The molecule has 2 saturated heterocycles. The van der Waals surface area contributed by atoms with E-state index in [-0.39, 0.29) is 54.6 Å². The Morgan fingerprint density at radius 3 is 2.52 bits per heavy atom. The third kappa shape index (κ3) is 5.87. The van der Waals surface area contributed by atoms with Crippen molar-refractivity contribution in [2.24, 2.45) is 11.3 Å². The van der Waals surface area contributed by atoms with E-state index in [1.165, 1.54) is 45.2 Å². The second kappa shape index (κ2) is 13.5. The van der Waals surface area contributed by atoms with Crippen molar-refractivity contribution in [1.29, 1.82) is 0 Å². The number of carbonyl (C=O) groups excluding carboxylic acids is 8. The van der Waals surface area contributed by atoms with Gasteiger partial charge in [-0.25, -0.2) is 9.59 Å². The van der Waals surface area contributed by atoms with Gasteiger partial charge >= 0.3 is 23.9 Å². The lowest BCUT2D eigenvalue weighted by Crippen LogP contribution is -2.65. The molecule has 15 heteroatoms. The molecule has 3 heterocycles. The number of piperidine rings is 1. The van der Waals surface area contributed by atoms with Gasteiger partial charge in [-0.1, -0.05) is 24.3 Å². The van der Waals surface area contributed by atoms with Gasteiger partial charge < -0.3 is 23.7 Å². The van der Waals surface area contributed by atoms with E-state index < -0.39 is 82.9 Å². The minimum Gasteiger partial charge on any atom is -0.466 e. The van der Waals surface area contributed by atoms with Crippen LogP contribution in [0.15, 0.2) is 53.6 Å². The molecule has 1 aromatic carbocycles. The van der Waals surface area contributed by atoms with Crippen LogP contribution in [-0.4, -0.2) is 83.6 Å². The molecule has 1 saturated carbocycles. The highest BCUT2D eigenvalue weighted by atomic mass is 16.7. The quantitative estimate of drug-likeness (QED) is 0.0978. The summed E-state index contributed by atoms with van der Waals surface area (Å²) in [4.78, 5) is 103. The van der Waals surface area contributed by atoms with Crippen LogP contribution in [0.25, 0.3) is 0 Å².